The van der Waals surface area contributed by atoms with E-state index in [2.05, 4.69) is 142 Å². The molecule has 0 rings (SSSR count). The summed E-state index contributed by atoms with van der Waals surface area (Å²) in [5.41, 5.74) is 0. The van der Waals surface area contributed by atoms with Crippen molar-refractivity contribution in [3.63, 3.8) is 0 Å². The first-order valence-corrected chi connectivity index (χ1v) is 35.0. The third kappa shape index (κ3) is 68.5. The maximum absolute atomic E-state index is 12.9. The molecule has 1 unspecified atom stereocenters. The molecule has 0 aromatic heterocycles. The first-order valence-electron chi connectivity index (χ1n) is 35.0. The maximum atomic E-state index is 12.9. The Morgan fingerprint density at radius 1 is 0.253 bits per heavy atom. The van der Waals surface area contributed by atoms with Gasteiger partial charge in [0.1, 0.15) is 13.2 Å². The van der Waals surface area contributed by atoms with Gasteiger partial charge in [0.15, 0.2) is 6.10 Å². The van der Waals surface area contributed by atoms with Crippen molar-refractivity contribution in [2.45, 2.75) is 335 Å². The molecule has 0 aromatic carbocycles. The number of carbonyl (C=O) groups is 3. The monoisotopic (exact) mass is 1150 g/mol. The zero-order valence-electron chi connectivity index (χ0n) is 54.4. The second-order valence-electron chi connectivity index (χ2n) is 23.0. The zero-order valence-corrected chi connectivity index (χ0v) is 54.4. The predicted molar refractivity (Wildman–Crippen MR) is 362 cm³/mol. The molecular weight excluding hydrogens is 1020 g/mol. The highest BCUT2D eigenvalue weighted by Gasteiger charge is 2.19. The Labute approximate surface area is 513 Å². The summed E-state index contributed by atoms with van der Waals surface area (Å²) in [5, 5.41) is 0. The molecule has 6 heteroatoms. The van der Waals surface area contributed by atoms with Gasteiger partial charge in [-0.3, -0.25) is 14.4 Å². The first kappa shape index (κ1) is 78.8. The van der Waals surface area contributed by atoms with Gasteiger partial charge in [-0.15, -0.1) is 0 Å². The summed E-state index contributed by atoms with van der Waals surface area (Å²) in [5.74, 6) is -0.875. The molecule has 0 aliphatic carbocycles. The summed E-state index contributed by atoms with van der Waals surface area (Å²) in [7, 11) is 0. The van der Waals surface area contributed by atoms with Crippen LogP contribution in [0.2, 0.25) is 0 Å². The summed E-state index contributed by atoms with van der Waals surface area (Å²) < 4.78 is 16.9. The molecule has 474 valence electrons. The number of unbranched alkanes of at least 4 members (excludes halogenated alkanes) is 32. The lowest BCUT2D eigenvalue weighted by Gasteiger charge is -2.18. The van der Waals surface area contributed by atoms with E-state index in [9.17, 15) is 14.4 Å². The molecule has 0 radical (unpaired) electrons. The Hall–Kier alpha value is -4.19. The smallest absolute Gasteiger partial charge is 0.306 e. The number of ether oxygens (including phenoxy) is 3. The van der Waals surface area contributed by atoms with Gasteiger partial charge in [-0.25, -0.2) is 0 Å². The van der Waals surface area contributed by atoms with E-state index in [0.717, 1.165) is 122 Å². The van der Waals surface area contributed by atoms with Crippen LogP contribution in [0.25, 0.3) is 0 Å². The van der Waals surface area contributed by atoms with E-state index >= 15 is 0 Å². The van der Waals surface area contributed by atoms with Crippen LogP contribution in [-0.4, -0.2) is 37.2 Å². The van der Waals surface area contributed by atoms with Gasteiger partial charge < -0.3 is 14.2 Å². The number of hydrogen-bond donors (Lipinski definition) is 0. The molecule has 83 heavy (non-hydrogen) atoms. The average molecular weight is 1150 g/mol. The maximum Gasteiger partial charge on any atom is 0.306 e. The van der Waals surface area contributed by atoms with E-state index < -0.39 is 6.10 Å². The van der Waals surface area contributed by atoms with E-state index in [0.29, 0.717) is 19.3 Å². The van der Waals surface area contributed by atoms with Crippen molar-refractivity contribution < 1.29 is 28.6 Å². The predicted octanol–water partition coefficient (Wildman–Crippen LogP) is 24.3. The van der Waals surface area contributed by atoms with Crippen molar-refractivity contribution in [2.75, 3.05) is 13.2 Å². The van der Waals surface area contributed by atoms with Crippen LogP contribution in [0, 0.1) is 0 Å². The first-order chi connectivity index (χ1) is 41.0. The van der Waals surface area contributed by atoms with Crippen LogP contribution in [-0.2, 0) is 28.6 Å². The van der Waals surface area contributed by atoms with Crippen molar-refractivity contribution in [3.8, 4) is 0 Å². The lowest BCUT2D eigenvalue weighted by atomic mass is 10.0. The molecule has 1 atom stereocenters. The Balaban J connectivity index is 4.09. The molecule has 0 bridgehead atoms. The van der Waals surface area contributed by atoms with Crippen molar-refractivity contribution in [1.82, 2.24) is 0 Å². The molecule has 0 fully saturated rings. The fraction of sp³-hybridized carbons (Fsp3) is 0.701. The number of carbonyl (C=O) groups excluding carboxylic acids is 3. The van der Waals surface area contributed by atoms with Crippen molar-refractivity contribution in [2.24, 2.45) is 0 Å². The van der Waals surface area contributed by atoms with Gasteiger partial charge in [0.05, 0.1) is 0 Å². The number of esters is 3. The average Bonchev–Trinajstić information content (AvgIpc) is 3.50. The number of rotatable bonds is 63. The van der Waals surface area contributed by atoms with Crippen LogP contribution in [0.15, 0.2) is 122 Å². The molecule has 6 nitrogen and oxygen atoms in total. The molecule has 0 amide bonds. The topological polar surface area (TPSA) is 78.9 Å². The van der Waals surface area contributed by atoms with E-state index in [4.69, 9.17) is 14.2 Å². The van der Waals surface area contributed by atoms with Gasteiger partial charge in [0, 0.05) is 19.3 Å². The number of allylic oxidation sites excluding steroid dienone is 20. The quantitative estimate of drug-likeness (QED) is 0.0261. The van der Waals surface area contributed by atoms with Crippen LogP contribution >= 0.6 is 0 Å². The van der Waals surface area contributed by atoms with Gasteiger partial charge in [0.25, 0.3) is 0 Å². The van der Waals surface area contributed by atoms with Crippen molar-refractivity contribution in [1.29, 1.82) is 0 Å². The van der Waals surface area contributed by atoms with Crippen molar-refractivity contribution >= 4 is 17.9 Å². The van der Waals surface area contributed by atoms with Gasteiger partial charge in [-0.05, 0) is 109 Å². The summed E-state index contributed by atoms with van der Waals surface area (Å²) in [6, 6.07) is 0. The minimum Gasteiger partial charge on any atom is -0.462 e. The van der Waals surface area contributed by atoms with Crippen LogP contribution in [0.3, 0.4) is 0 Å². The highest BCUT2D eigenvalue weighted by atomic mass is 16.6. The fourth-order valence-electron chi connectivity index (χ4n) is 9.79. The van der Waals surface area contributed by atoms with Gasteiger partial charge >= 0.3 is 17.9 Å². The van der Waals surface area contributed by atoms with Crippen LogP contribution in [0.4, 0.5) is 0 Å². The third-order valence-corrected chi connectivity index (χ3v) is 15.0. The lowest BCUT2D eigenvalue weighted by molar-refractivity contribution is -0.167. The molecule has 0 saturated carbocycles. The summed E-state index contributed by atoms with van der Waals surface area (Å²) in [6.45, 7) is 6.40. The summed E-state index contributed by atoms with van der Waals surface area (Å²) in [6.07, 6.45) is 98.2. The van der Waals surface area contributed by atoms with E-state index in [1.807, 2.05) is 0 Å². The van der Waals surface area contributed by atoms with Gasteiger partial charge in [-0.1, -0.05) is 322 Å². The molecule has 0 N–H and O–H groups in total. The second-order valence-corrected chi connectivity index (χ2v) is 23.0. The number of hydrogen-bond acceptors (Lipinski definition) is 6. The highest BCUT2D eigenvalue weighted by molar-refractivity contribution is 5.71. The standard InChI is InChI=1S/C77H130O6/c1-4-7-10-13-16-18-20-22-24-26-28-30-32-34-36-37-38-39-41-42-44-46-48-50-52-54-56-58-61-64-67-70-76(79)82-73-74(72-81-75(78)69-66-63-60-15-12-9-6-3)83-77(80)71-68-65-62-59-57-55-53-51-49-47-45-43-40-35-33-31-29-27-25-23-21-19-17-14-11-8-5-2/h7-8,10-11,16-19,22-25,28-31,34,36,38-39,74H,4-6,9,12-15,20-21,26-27,32-33,35,37,40-73H2,1-3H3/b10-7-,11-8-,18-16-,19-17-,24-22-,25-23-,30-28-,31-29-,36-34-,39-38-. The minimum atomic E-state index is -0.778. The minimum absolute atomic E-state index is 0.0767. The van der Waals surface area contributed by atoms with Crippen molar-refractivity contribution in [3.05, 3.63) is 122 Å². The van der Waals surface area contributed by atoms with Crippen LogP contribution in [0.5, 0.6) is 0 Å². The SMILES string of the molecule is CC/C=C\C/C=C\C/C=C\C/C=C\C/C=C\C/C=C\CCCCCCCCCCCCCCC(=O)OCC(COC(=O)CCCCCCCCC)OC(=O)CCCCCCCCCCCCCCCC/C=C\C/C=C\C/C=C\C/C=C\CC. The molecule has 0 aliphatic rings. The highest BCUT2D eigenvalue weighted by Crippen LogP contribution is 2.17. The molecule has 0 saturated heterocycles. The summed E-state index contributed by atoms with van der Waals surface area (Å²) >= 11 is 0. The molecule has 0 spiro atoms. The largest absolute Gasteiger partial charge is 0.462 e. The molecule has 0 aliphatic heterocycles. The Bertz CT molecular complexity index is 1700. The Morgan fingerprint density at radius 2 is 0.470 bits per heavy atom. The van der Waals surface area contributed by atoms with Gasteiger partial charge in [0.2, 0.25) is 0 Å². The Morgan fingerprint density at radius 3 is 0.735 bits per heavy atom. The summed E-state index contributed by atoms with van der Waals surface area (Å²) in [4.78, 5) is 38.2. The van der Waals surface area contributed by atoms with Gasteiger partial charge in [-0.2, -0.15) is 0 Å². The van der Waals surface area contributed by atoms with Crippen LogP contribution in [0.1, 0.15) is 329 Å². The molecule has 0 heterocycles. The van der Waals surface area contributed by atoms with E-state index in [1.165, 1.54) is 167 Å². The fourth-order valence-corrected chi connectivity index (χ4v) is 9.79. The third-order valence-electron chi connectivity index (χ3n) is 15.0. The zero-order chi connectivity index (χ0) is 59.9. The second kappa shape index (κ2) is 70.3. The lowest BCUT2D eigenvalue weighted by Crippen LogP contribution is -2.30. The van der Waals surface area contributed by atoms with E-state index in [1.54, 1.807) is 0 Å². The normalized spacial score (nSPS) is 12.9. The molecule has 0 aromatic rings. The van der Waals surface area contributed by atoms with E-state index in [-0.39, 0.29) is 31.1 Å². The van der Waals surface area contributed by atoms with Crippen LogP contribution < -0.4 is 0 Å². The molecular formula is C77H130O6. The Kier molecular flexibility index (Phi) is 66.7.